The molecule has 8 nitrogen and oxygen atoms in total. The van der Waals surface area contributed by atoms with Crippen LogP contribution in [0.5, 0.6) is 11.5 Å². The molecule has 3 N–H and O–H groups in total. The summed E-state index contributed by atoms with van der Waals surface area (Å²) in [6, 6.07) is 15.4. The summed E-state index contributed by atoms with van der Waals surface area (Å²) in [5, 5.41) is 19.6. The van der Waals surface area contributed by atoms with Gasteiger partial charge < -0.3 is 29.7 Å². The molecule has 0 saturated carbocycles. The van der Waals surface area contributed by atoms with E-state index in [1.807, 2.05) is 30.3 Å². The molecule has 2 aromatic carbocycles. The maximum atomic E-state index is 9.55. The molecule has 0 aromatic heterocycles. The van der Waals surface area contributed by atoms with Gasteiger partial charge in [0.25, 0.3) is 0 Å². The monoisotopic (exact) mass is 449 g/mol. The predicted octanol–water partition coefficient (Wildman–Crippen LogP) is 3.17. The maximum Gasteiger partial charge on any atom is 0.328 e. The van der Waals surface area contributed by atoms with Gasteiger partial charge in [-0.15, -0.1) is 0 Å². The van der Waals surface area contributed by atoms with E-state index in [0.717, 1.165) is 18.7 Å². The number of nitrogens with one attached hydrogen (secondary N) is 1. The van der Waals surface area contributed by atoms with Gasteiger partial charge in [-0.05, 0) is 17.7 Å². The lowest BCUT2D eigenvalue weighted by Crippen LogP contribution is -2.43. The molecular weight excluding hydrogens is 426 g/mol. The van der Waals surface area contributed by atoms with Crippen LogP contribution in [-0.4, -0.2) is 55.1 Å². The van der Waals surface area contributed by atoms with Crippen molar-refractivity contribution in [1.82, 2.24) is 5.32 Å². The summed E-state index contributed by atoms with van der Waals surface area (Å²) >= 11 is 6.11. The number of carbonyl (C=O) groups is 2. The molecule has 9 heteroatoms. The van der Waals surface area contributed by atoms with Gasteiger partial charge in [0.05, 0.1) is 13.7 Å². The zero-order chi connectivity index (χ0) is 22.6. The van der Waals surface area contributed by atoms with Crippen molar-refractivity contribution < 1.29 is 34.0 Å². The summed E-state index contributed by atoms with van der Waals surface area (Å²) in [4.78, 5) is 19.1. The van der Waals surface area contributed by atoms with Gasteiger partial charge >= 0.3 is 11.9 Å². The van der Waals surface area contributed by atoms with Crippen molar-refractivity contribution in [2.75, 3.05) is 26.8 Å². The zero-order valence-electron chi connectivity index (χ0n) is 16.9. The second-order valence-electron chi connectivity index (χ2n) is 6.37. The lowest BCUT2D eigenvalue weighted by molar-refractivity contribution is -0.134. The van der Waals surface area contributed by atoms with Crippen LogP contribution in [0.1, 0.15) is 11.7 Å². The average Bonchev–Trinajstić information content (AvgIpc) is 2.78. The highest BCUT2D eigenvalue weighted by atomic mass is 35.5. The van der Waals surface area contributed by atoms with Crippen LogP contribution in [0, 0.1) is 0 Å². The predicted molar refractivity (Wildman–Crippen MR) is 115 cm³/mol. The highest BCUT2D eigenvalue weighted by molar-refractivity contribution is 6.30. The van der Waals surface area contributed by atoms with Crippen LogP contribution in [0.15, 0.2) is 60.7 Å². The van der Waals surface area contributed by atoms with E-state index in [1.54, 1.807) is 25.3 Å². The van der Waals surface area contributed by atoms with E-state index >= 15 is 0 Å². The third-order valence-corrected chi connectivity index (χ3v) is 4.41. The Kier molecular flexibility index (Phi) is 9.83. The Morgan fingerprint density at radius 1 is 1.13 bits per heavy atom. The molecule has 0 spiro atoms. The first-order chi connectivity index (χ1) is 14.9. The number of hydrogen-bond acceptors (Lipinski definition) is 6. The lowest BCUT2D eigenvalue weighted by atomic mass is 10.0. The number of aliphatic carboxylic acids is 2. The van der Waals surface area contributed by atoms with E-state index in [-0.39, 0.29) is 12.2 Å². The summed E-state index contributed by atoms with van der Waals surface area (Å²) in [5.74, 6) is -1.25. The first kappa shape index (κ1) is 24.2. The molecular formula is C22H24ClNO7. The van der Waals surface area contributed by atoms with Gasteiger partial charge in [0.15, 0.2) is 17.6 Å². The summed E-state index contributed by atoms with van der Waals surface area (Å²) < 4.78 is 17.6. The fraction of sp³-hybridized carbons (Fsp3) is 0.273. The molecule has 0 aliphatic carbocycles. The van der Waals surface area contributed by atoms with Gasteiger partial charge in [0.1, 0.15) is 6.10 Å². The third kappa shape index (κ3) is 8.29. The molecule has 2 atom stereocenters. The van der Waals surface area contributed by atoms with Gasteiger partial charge in [-0.25, -0.2) is 9.59 Å². The minimum atomic E-state index is -1.26. The van der Waals surface area contributed by atoms with Crippen molar-refractivity contribution in [1.29, 1.82) is 0 Å². The van der Waals surface area contributed by atoms with E-state index in [4.69, 9.17) is 36.0 Å². The van der Waals surface area contributed by atoms with E-state index in [0.29, 0.717) is 35.3 Å². The molecule has 0 unspecified atom stereocenters. The van der Waals surface area contributed by atoms with Crippen molar-refractivity contribution in [3.8, 4) is 11.5 Å². The van der Waals surface area contributed by atoms with Crippen LogP contribution < -0.4 is 14.8 Å². The van der Waals surface area contributed by atoms with Crippen LogP contribution in [0.3, 0.4) is 0 Å². The number of hydrogen-bond donors (Lipinski definition) is 3. The minimum absolute atomic E-state index is 0.0742. The Balaban J connectivity index is 0.000000366. The normalized spacial score (nSPS) is 16.6. The third-order valence-electron chi connectivity index (χ3n) is 4.17. The Labute approximate surface area is 185 Å². The second kappa shape index (κ2) is 12.6. The van der Waals surface area contributed by atoms with Gasteiger partial charge in [0, 0.05) is 36.3 Å². The number of ether oxygens (including phenoxy) is 3. The highest BCUT2D eigenvalue weighted by Crippen LogP contribution is 2.35. The van der Waals surface area contributed by atoms with Crippen LogP contribution in [0.4, 0.5) is 0 Å². The number of carboxylic acid groups (broad SMARTS) is 2. The summed E-state index contributed by atoms with van der Waals surface area (Å²) in [6.07, 6.45) is 0.802. The van der Waals surface area contributed by atoms with Gasteiger partial charge in [-0.3, -0.25) is 0 Å². The van der Waals surface area contributed by atoms with E-state index in [1.165, 1.54) is 0 Å². The molecule has 2 aromatic rings. The van der Waals surface area contributed by atoms with Gasteiger partial charge in [-0.2, -0.15) is 0 Å². The largest absolute Gasteiger partial charge is 0.493 e. The van der Waals surface area contributed by atoms with Gasteiger partial charge in [-0.1, -0.05) is 41.9 Å². The molecule has 1 heterocycles. The molecule has 31 heavy (non-hydrogen) atoms. The molecule has 3 rings (SSSR count). The van der Waals surface area contributed by atoms with Crippen LogP contribution in [0.2, 0.25) is 5.02 Å². The second-order valence-corrected chi connectivity index (χ2v) is 6.80. The zero-order valence-corrected chi connectivity index (χ0v) is 17.6. The lowest BCUT2D eigenvalue weighted by Gasteiger charge is -2.32. The Morgan fingerprint density at radius 3 is 2.35 bits per heavy atom. The number of morpholine rings is 1. The van der Waals surface area contributed by atoms with E-state index in [2.05, 4.69) is 5.32 Å². The Bertz CT molecular complexity index is 867. The van der Waals surface area contributed by atoms with E-state index in [9.17, 15) is 9.59 Å². The minimum Gasteiger partial charge on any atom is -0.493 e. The molecule has 1 saturated heterocycles. The number of halogens is 1. The number of carboxylic acids is 2. The molecule has 0 amide bonds. The van der Waals surface area contributed by atoms with Crippen molar-refractivity contribution in [3.63, 3.8) is 0 Å². The summed E-state index contributed by atoms with van der Waals surface area (Å²) in [6.45, 7) is 2.27. The first-order valence-corrected chi connectivity index (χ1v) is 9.80. The number of benzene rings is 2. The molecule has 1 aliphatic rings. The van der Waals surface area contributed by atoms with Crippen LogP contribution >= 0.6 is 11.6 Å². The van der Waals surface area contributed by atoms with E-state index < -0.39 is 11.9 Å². The summed E-state index contributed by atoms with van der Waals surface area (Å²) in [5.41, 5.74) is 1.06. The van der Waals surface area contributed by atoms with Crippen molar-refractivity contribution in [3.05, 3.63) is 71.3 Å². The smallest absolute Gasteiger partial charge is 0.328 e. The maximum absolute atomic E-state index is 9.55. The van der Waals surface area contributed by atoms with Crippen LogP contribution in [-0.2, 0) is 14.3 Å². The molecule has 1 aliphatic heterocycles. The standard InChI is InChI=1S/C18H20ClNO3.C4H4O4/c1-21-15-8-7-14(19)11-16(15)23-18(13-5-3-2-4-6-13)17-12-20-9-10-22-17;5-3(6)1-2-4(7)8/h2-8,11,17-18,20H,9-10,12H2,1H3;1-2H,(H,5,6)(H,7,8)/t17-,18-;/m0./s1. The number of rotatable bonds is 7. The fourth-order valence-corrected chi connectivity index (χ4v) is 2.97. The quantitative estimate of drug-likeness (QED) is 0.552. The van der Waals surface area contributed by atoms with Crippen molar-refractivity contribution >= 4 is 23.5 Å². The fourth-order valence-electron chi connectivity index (χ4n) is 2.80. The van der Waals surface area contributed by atoms with Crippen molar-refractivity contribution in [2.24, 2.45) is 0 Å². The Morgan fingerprint density at radius 2 is 1.81 bits per heavy atom. The Hall–Kier alpha value is -3.07. The van der Waals surface area contributed by atoms with Crippen molar-refractivity contribution in [2.45, 2.75) is 12.2 Å². The molecule has 0 radical (unpaired) electrons. The number of methoxy groups -OCH3 is 1. The topological polar surface area (TPSA) is 114 Å². The van der Waals surface area contributed by atoms with Gasteiger partial charge in [0.2, 0.25) is 0 Å². The molecule has 1 fully saturated rings. The first-order valence-electron chi connectivity index (χ1n) is 9.42. The SMILES string of the molecule is COc1ccc(Cl)cc1O[C@@H](c1ccccc1)[C@@H]1CNCCO1.O=C(O)C=CC(=O)O. The summed E-state index contributed by atoms with van der Waals surface area (Å²) in [7, 11) is 1.62. The highest BCUT2D eigenvalue weighted by Gasteiger charge is 2.28. The van der Waals surface area contributed by atoms with Crippen LogP contribution in [0.25, 0.3) is 0 Å². The molecule has 166 valence electrons. The molecule has 0 bridgehead atoms. The average molecular weight is 450 g/mol.